The van der Waals surface area contributed by atoms with E-state index < -0.39 is 5.82 Å². The van der Waals surface area contributed by atoms with Gasteiger partial charge >= 0.3 is 0 Å². The minimum absolute atomic E-state index is 0.0832. The lowest BCUT2D eigenvalue weighted by atomic mass is 10.1. The molecule has 0 amide bonds. The van der Waals surface area contributed by atoms with Crippen LogP contribution in [0.4, 0.5) is 4.39 Å². The third kappa shape index (κ3) is 3.22. The number of para-hydroxylation sites is 1. The minimum atomic E-state index is -0.507. The molecule has 5 nitrogen and oxygen atoms in total. The number of benzene rings is 2. The monoisotopic (exact) mass is 420 g/mol. The van der Waals surface area contributed by atoms with Gasteiger partial charge in [0.1, 0.15) is 28.1 Å². The third-order valence-electron chi connectivity index (χ3n) is 3.83. The summed E-state index contributed by atoms with van der Waals surface area (Å²) < 4.78 is 21.6. The number of aromatic nitrogens is 4. The van der Waals surface area contributed by atoms with Gasteiger partial charge in [-0.15, -0.1) is 0 Å². The summed E-state index contributed by atoms with van der Waals surface area (Å²) in [5, 5.41) is 5.05. The van der Waals surface area contributed by atoms with Crippen molar-refractivity contribution in [1.82, 2.24) is 19.6 Å². The van der Waals surface area contributed by atoms with Gasteiger partial charge in [-0.2, -0.15) is 19.6 Å². The van der Waals surface area contributed by atoms with Crippen molar-refractivity contribution in [2.45, 2.75) is 9.92 Å². The number of methoxy groups -OCH3 is 1. The van der Waals surface area contributed by atoms with E-state index in [-0.39, 0.29) is 15.7 Å². The van der Waals surface area contributed by atoms with Crippen molar-refractivity contribution in [1.29, 1.82) is 0 Å². The number of fused-ring (bicyclic) bond motifs is 1. The highest BCUT2D eigenvalue weighted by Crippen LogP contribution is 2.44. The molecular formula is C18H11Cl2FN4OS. The second-order valence-electron chi connectivity index (χ2n) is 5.40. The van der Waals surface area contributed by atoms with Crippen molar-refractivity contribution in [3.63, 3.8) is 0 Å². The van der Waals surface area contributed by atoms with Gasteiger partial charge in [-0.25, -0.2) is 4.39 Å². The predicted octanol–water partition coefficient (Wildman–Crippen LogP) is 5.40. The maximum atomic E-state index is 14.7. The van der Waals surface area contributed by atoms with Crippen molar-refractivity contribution >= 4 is 40.7 Å². The summed E-state index contributed by atoms with van der Waals surface area (Å²) in [4.78, 5) is 9.11. The summed E-state index contributed by atoms with van der Waals surface area (Å²) in [6, 6.07) is 11.9. The maximum Gasteiger partial charge on any atom is 0.254 e. The van der Waals surface area contributed by atoms with Crippen LogP contribution in [0.1, 0.15) is 0 Å². The van der Waals surface area contributed by atoms with Gasteiger partial charge in [0.05, 0.1) is 22.6 Å². The number of rotatable bonds is 4. The van der Waals surface area contributed by atoms with E-state index in [9.17, 15) is 4.39 Å². The second kappa shape index (κ2) is 7.34. The highest BCUT2D eigenvalue weighted by Gasteiger charge is 2.23. The number of halogens is 3. The average molecular weight is 421 g/mol. The van der Waals surface area contributed by atoms with Gasteiger partial charge < -0.3 is 4.74 Å². The fraction of sp³-hybridized carbons (Fsp3) is 0.0556. The second-order valence-corrected chi connectivity index (χ2v) is 7.20. The first-order chi connectivity index (χ1) is 13.1. The molecule has 4 rings (SSSR count). The SMILES string of the molecule is COc1ccccc1Sc1c(-c2c(F)cccc2Cl)c(Cl)nc2ncnn12. The van der Waals surface area contributed by atoms with E-state index in [1.807, 2.05) is 24.3 Å². The van der Waals surface area contributed by atoms with Crippen LogP contribution in [-0.4, -0.2) is 26.7 Å². The molecule has 0 radical (unpaired) electrons. The molecule has 2 aromatic heterocycles. The highest BCUT2D eigenvalue weighted by atomic mass is 35.5. The smallest absolute Gasteiger partial charge is 0.254 e. The first kappa shape index (κ1) is 18.0. The van der Waals surface area contributed by atoms with Crippen LogP contribution in [0.3, 0.4) is 0 Å². The Bertz CT molecular complexity index is 1130. The van der Waals surface area contributed by atoms with Crippen molar-refractivity contribution in [3.8, 4) is 16.9 Å². The molecule has 0 aliphatic rings. The molecule has 0 saturated carbocycles. The quantitative estimate of drug-likeness (QED) is 0.413. The number of hydrogen-bond donors (Lipinski definition) is 0. The molecule has 27 heavy (non-hydrogen) atoms. The molecule has 9 heteroatoms. The zero-order valence-corrected chi connectivity index (χ0v) is 16.2. The highest BCUT2D eigenvalue weighted by molar-refractivity contribution is 7.99. The van der Waals surface area contributed by atoms with Gasteiger partial charge in [0.15, 0.2) is 0 Å². The lowest BCUT2D eigenvalue weighted by Crippen LogP contribution is -2.02. The number of hydrogen-bond acceptors (Lipinski definition) is 5. The average Bonchev–Trinajstić information content (AvgIpc) is 3.12. The predicted molar refractivity (Wildman–Crippen MR) is 103 cm³/mol. The Kier molecular flexibility index (Phi) is 4.90. The van der Waals surface area contributed by atoms with E-state index in [0.29, 0.717) is 22.1 Å². The number of ether oxygens (including phenoxy) is 1. The standard InChI is InChI=1S/C18H11Cl2FN4OS/c1-26-12-7-2-3-8-13(12)27-17-15(14-10(19)5-4-6-11(14)21)16(20)24-18-22-9-23-25(17)18/h2-9H,1H3. The maximum absolute atomic E-state index is 14.7. The Morgan fingerprint density at radius 1 is 1.07 bits per heavy atom. The molecule has 2 aromatic carbocycles. The van der Waals surface area contributed by atoms with Gasteiger partial charge in [-0.3, -0.25) is 0 Å². The van der Waals surface area contributed by atoms with Gasteiger partial charge in [0, 0.05) is 5.56 Å². The largest absolute Gasteiger partial charge is 0.496 e. The number of nitrogens with zero attached hydrogens (tertiary/aromatic N) is 4. The first-order valence-electron chi connectivity index (χ1n) is 7.74. The van der Waals surface area contributed by atoms with E-state index in [2.05, 4.69) is 15.1 Å². The summed E-state index contributed by atoms with van der Waals surface area (Å²) in [7, 11) is 1.58. The Hall–Kier alpha value is -2.35. The van der Waals surface area contributed by atoms with E-state index in [1.165, 1.54) is 34.7 Å². The zero-order chi connectivity index (χ0) is 19.0. The minimum Gasteiger partial charge on any atom is -0.496 e. The van der Waals surface area contributed by atoms with Crippen LogP contribution >= 0.6 is 35.0 Å². The first-order valence-corrected chi connectivity index (χ1v) is 9.32. The van der Waals surface area contributed by atoms with E-state index in [4.69, 9.17) is 27.9 Å². The topological polar surface area (TPSA) is 52.3 Å². The van der Waals surface area contributed by atoms with Crippen molar-refractivity contribution in [2.24, 2.45) is 0 Å². The molecular weight excluding hydrogens is 410 g/mol. The van der Waals surface area contributed by atoms with Crippen LogP contribution in [0, 0.1) is 5.82 Å². The summed E-state index contributed by atoms with van der Waals surface area (Å²) in [5.74, 6) is 0.454. The molecule has 0 fully saturated rings. The van der Waals surface area contributed by atoms with Crippen molar-refractivity contribution in [3.05, 3.63) is 64.8 Å². The molecule has 0 aliphatic heterocycles. The van der Waals surface area contributed by atoms with Crippen LogP contribution < -0.4 is 4.74 Å². The third-order valence-corrected chi connectivity index (χ3v) is 5.54. The van der Waals surface area contributed by atoms with Crippen molar-refractivity contribution in [2.75, 3.05) is 7.11 Å². The lowest BCUT2D eigenvalue weighted by Gasteiger charge is -2.15. The normalized spacial score (nSPS) is 11.1. The lowest BCUT2D eigenvalue weighted by molar-refractivity contribution is 0.405. The zero-order valence-electron chi connectivity index (χ0n) is 13.9. The molecule has 0 N–H and O–H groups in total. The molecule has 0 unspecified atom stereocenters. The molecule has 0 spiro atoms. The Balaban J connectivity index is 2.02. The molecule has 0 bridgehead atoms. The van der Waals surface area contributed by atoms with Gasteiger partial charge in [0.2, 0.25) is 0 Å². The molecule has 0 atom stereocenters. The summed E-state index contributed by atoms with van der Waals surface area (Å²) in [5.41, 5.74) is 0.500. The van der Waals surface area contributed by atoms with Crippen LogP contribution in [-0.2, 0) is 0 Å². The van der Waals surface area contributed by atoms with Gasteiger partial charge in [0.25, 0.3) is 5.78 Å². The Morgan fingerprint density at radius 2 is 1.89 bits per heavy atom. The fourth-order valence-corrected chi connectivity index (χ4v) is 4.34. The molecule has 0 saturated heterocycles. The molecule has 136 valence electrons. The molecule has 4 aromatic rings. The van der Waals surface area contributed by atoms with Gasteiger partial charge in [-0.1, -0.05) is 53.2 Å². The van der Waals surface area contributed by atoms with E-state index >= 15 is 0 Å². The van der Waals surface area contributed by atoms with E-state index in [1.54, 1.807) is 13.2 Å². The summed E-state index contributed by atoms with van der Waals surface area (Å²) >= 11 is 14.0. The fourth-order valence-electron chi connectivity index (χ4n) is 2.64. The molecule has 2 heterocycles. The Labute approximate surface area is 168 Å². The molecule has 0 aliphatic carbocycles. The van der Waals surface area contributed by atoms with Crippen molar-refractivity contribution < 1.29 is 9.13 Å². The van der Waals surface area contributed by atoms with Crippen LogP contribution in [0.2, 0.25) is 10.2 Å². The van der Waals surface area contributed by atoms with E-state index in [0.717, 1.165) is 4.90 Å². The van der Waals surface area contributed by atoms with Crippen LogP contribution in [0.5, 0.6) is 5.75 Å². The van der Waals surface area contributed by atoms with Crippen LogP contribution in [0.25, 0.3) is 16.9 Å². The Morgan fingerprint density at radius 3 is 2.67 bits per heavy atom. The summed E-state index contributed by atoms with van der Waals surface area (Å²) in [6.07, 6.45) is 1.36. The van der Waals surface area contributed by atoms with Crippen LogP contribution in [0.15, 0.2) is 58.7 Å². The van der Waals surface area contributed by atoms with Gasteiger partial charge in [-0.05, 0) is 24.3 Å². The summed E-state index contributed by atoms with van der Waals surface area (Å²) in [6.45, 7) is 0.